The molecule has 0 aromatic heterocycles. The smallest absolute Gasteiger partial charge is 0.273 e. The van der Waals surface area contributed by atoms with Crippen LogP contribution in [0.1, 0.15) is 50.2 Å². The molecule has 106 valence electrons. The molecule has 1 N–H and O–H groups in total. The van der Waals surface area contributed by atoms with Crippen LogP contribution in [0.4, 0.5) is 8.78 Å². The van der Waals surface area contributed by atoms with Crippen molar-refractivity contribution in [1.82, 2.24) is 5.32 Å². The minimum absolute atomic E-state index is 0.00257. The molecule has 0 amide bonds. The Bertz CT molecular complexity index is 392. The monoisotopic (exact) mass is 267 g/mol. The maximum absolute atomic E-state index is 14.0. The molecule has 1 aromatic carbocycles. The molecule has 0 saturated carbocycles. The summed E-state index contributed by atoms with van der Waals surface area (Å²) in [6.45, 7) is 5.69. The van der Waals surface area contributed by atoms with Crippen LogP contribution in [0.2, 0.25) is 0 Å². The van der Waals surface area contributed by atoms with E-state index >= 15 is 0 Å². The van der Waals surface area contributed by atoms with Gasteiger partial charge in [0.2, 0.25) is 0 Å². The normalized spacial score (nSPS) is 20.8. The fourth-order valence-electron chi connectivity index (χ4n) is 2.77. The van der Waals surface area contributed by atoms with Crippen LogP contribution in [0.3, 0.4) is 0 Å². The zero-order valence-electron chi connectivity index (χ0n) is 11.8. The number of hydrogen-bond acceptors (Lipinski definition) is 1. The van der Waals surface area contributed by atoms with Gasteiger partial charge in [0.1, 0.15) is 0 Å². The summed E-state index contributed by atoms with van der Waals surface area (Å²) >= 11 is 0. The molecule has 1 heterocycles. The first kappa shape index (κ1) is 14.4. The number of hydrogen-bond donors (Lipinski definition) is 1. The van der Waals surface area contributed by atoms with E-state index in [-0.39, 0.29) is 17.9 Å². The van der Waals surface area contributed by atoms with Gasteiger partial charge in [0.25, 0.3) is 5.92 Å². The number of nitrogens with one attached hydrogen (secondary N) is 1. The second-order valence-electron chi connectivity index (χ2n) is 5.97. The third-order valence-corrected chi connectivity index (χ3v) is 3.77. The van der Waals surface area contributed by atoms with Crippen molar-refractivity contribution in [3.05, 3.63) is 35.4 Å². The summed E-state index contributed by atoms with van der Waals surface area (Å²) in [7, 11) is 0. The Morgan fingerprint density at radius 2 is 1.95 bits per heavy atom. The molecule has 1 aliphatic heterocycles. The molecular formula is C16H23F2N. The summed E-state index contributed by atoms with van der Waals surface area (Å²) in [5.41, 5.74) is 1.32. The molecule has 1 saturated heterocycles. The molecule has 0 aliphatic carbocycles. The van der Waals surface area contributed by atoms with Gasteiger partial charge in [-0.1, -0.05) is 38.1 Å². The van der Waals surface area contributed by atoms with E-state index in [2.05, 4.69) is 5.32 Å². The van der Waals surface area contributed by atoms with Crippen molar-refractivity contribution < 1.29 is 8.78 Å². The van der Waals surface area contributed by atoms with Crippen molar-refractivity contribution >= 4 is 0 Å². The van der Waals surface area contributed by atoms with Crippen LogP contribution < -0.4 is 5.32 Å². The summed E-state index contributed by atoms with van der Waals surface area (Å²) < 4.78 is 27.9. The number of halogens is 2. The van der Waals surface area contributed by atoms with Crippen molar-refractivity contribution in [2.45, 2.75) is 45.0 Å². The largest absolute Gasteiger partial charge is 0.316 e. The fourth-order valence-corrected chi connectivity index (χ4v) is 2.77. The first-order valence-corrected chi connectivity index (χ1v) is 7.18. The van der Waals surface area contributed by atoms with Crippen molar-refractivity contribution in [2.75, 3.05) is 13.1 Å². The molecule has 0 bridgehead atoms. The van der Waals surface area contributed by atoms with Gasteiger partial charge in [-0.25, -0.2) is 8.78 Å². The number of benzene rings is 1. The lowest BCUT2D eigenvalue weighted by molar-refractivity contribution is -0.0249. The van der Waals surface area contributed by atoms with Crippen LogP contribution >= 0.6 is 0 Å². The molecular weight excluding hydrogens is 244 g/mol. The zero-order valence-corrected chi connectivity index (χ0v) is 11.8. The van der Waals surface area contributed by atoms with Gasteiger partial charge in [-0.15, -0.1) is 0 Å². The highest BCUT2D eigenvalue weighted by Gasteiger charge is 2.32. The summed E-state index contributed by atoms with van der Waals surface area (Å²) in [5.74, 6) is -2.24. The summed E-state index contributed by atoms with van der Waals surface area (Å²) in [6.07, 6.45) is 2.22. The topological polar surface area (TPSA) is 12.0 Å². The minimum atomic E-state index is -2.71. The lowest BCUT2D eigenvalue weighted by Gasteiger charge is -2.24. The van der Waals surface area contributed by atoms with Crippen LogP contribution in [0.5, 0.6) is 0 Å². The highest BCUT2D eigenvalue weighted by atomic mass is 19.3. The van der Waals surface area contributed by atoms with Crippen LogP contribution in [0, 0.1) is 5.92 Å². The Morgan fingerprint density at radius 1 is 1.26 bits per heavy atom. The third kappa shape index (κ3) is 3.75. The van der Waals surface area contributed by atoms with Crippen molar-refractivity contribution in [3.63, 3.8) is 0 Å². The molecule has 1 unspecified atom stereocenters. The third-order valence-electron chi connectivity index (χ3n) is 3.77. The Kier molecular flexibility index (Phi) is 4.56. The van der Waals surface area contributed by atoms with E-state index in [0.29, 0.717) is 5.92 Å². The van der Waals surface area contributed by atoms with Gasteiger partial charge < -0.3 is 5.32 Å². The van der Waals surface area contributed by atoms with Crippen LogP contribution in [-0.2, 0) is 5.92 Å². The summed E-state index contributed by atoms with van der Waals surface area (Å²) in [4.78, 5) is 0. The first-order valence-electron chi connectivity index (χ1n) is 7.18. The van der Waals surface area contributed by atoms with Crippen molar-refractivity contribution in [1.29, 1.82) is 0 Å². The van der Waals surface area contributed by atoms with Crippen LogP contribution in [-0.4, -0.2) is 13.1 Å². The van der Waals surface area contributed by atoms with Gasteiger partial charge in [0.05, 0.1) is 0 Å². The molecule has 1 aromatic rings. The summed E-state index contributed by atoms with van der Waals surface area (Å²) in [5, 5.41) is 3.36. The number of piperidine rings is 1. The van der Waals surface area contributed by atoms with E-state index in [9.17, 15) is 8.78 Å². The van der Waals surface area contributed by atoms with E-state index in [4.69, 9.17) is 0 Å². The van der Waals surface area contributed by atoms with Crippen LogP contribution in [0.25, 0.3) is 0 Å². The quantitative estimate of drug-likeness (QED) is 0.858. The maximum atomic E-state index is 14.0. The molecule has 2 rings (SSSR count). The van der Waals surface area contributed by atoms with E-state index < -0.39 is 5.92 Å². The predicted octanol–water partition coefficient (Wildman–Crippen LogP) is 4.29. The minimum Gasteiger partial charge on any atom is -0.316 e. The van der Waals surface area contributed by atoms with E-state index in [0.717, 1.165) is 25.9 Å². The Labute approximate surface area is 114 Å². The Balaban J connectivity index is 2.09. The van der Waals surface area contributed by atoms with Crippen molar-refractivity contribution in [2.24, 2.45) is 5.92 Å². The summed E-state index contributed by atoms with van der Waals surface area (Å²) in [6, 6.07) is 6.96. The van der Waals surface area contributed by atoms with Gasteiger partial charge in [-0.05, 0) is 36.8 Å². The van der Waals surface area contributed by atoms with Gasteiger partial charge in [0.15, 0.2) is 0 Å². The van der Waals surface area contributed by atoms with Crippen LogP contribution in [0.15, 0.2) is 24.3 Å². The number of rotatable bonds is 4. The maximum Gasteiger partial charge on any atom is 0.273 e. The molecule has 1 fully saturated rings. The molecule has 3 heteroatoms. The first-order chi connectivity index (χ1) is 8.99. The highest BCUT2D eigenvalue weighted by molar-refractivity contribution is 5.28. The standard InChI is InChI=1S/C16H23F2N/c1-12(2)10-16(17,18)15-7-5-13(6-8-15)14-4-3-9-19-11-14/h5-8,12,14,19H,3-4,9-11H2,1-2H3. The molecule has 0 radical (unpaired) electrons. The molecule has 1 aliphatic rings. The molecule has 19 heavy (non-hydrogen) atoms. The van der Waals surface area contributed by atoms with Gasteiger partial charge in [0, 0.05) is 18.5 Å². The predicted molar refractivity (Wildman–Crippen MR) is 74.6 cm³/mol. The number of alkyl halides is 2. The second-order valence-corrected chi connectivity index (χ2v) is 5.97. The molecule has 1 nitrogen and oxygen atoms in total. The van der Waals surface area contributed by atoms with Gasteiger partial charge in [-0.3, -0.25) is 0 Å². The van der Waals surface area contributed by atoms with Gasteiger partial charge in [-0.2, -0.15) is 0 Å². The zero-order chi connectivity index (χ0) is 13.9. The van der Waals surface area contributed by atoms with Gasteiger partial charge >= 0.3 is 0 Å². The Hall–Kier alpha value is -0.960. The average Bonchev–Trinajstić information content (AvgIpc) is 2.38. The average molecular weight is 267 g/mol. The second kappa shape index (κ2) is 6.00. The lowest BCUT2D eigenvalue weighted by Crippen LogP contribution is -2.28. The SMILES string of the molecule is CC(C)CC(F)(F)c1ccc(C2CCCNC2)cc1. The lowest BCUT2D eigenvalue weighted by atomic mass is 9.90. The highest BCUT2D eigenvalue weighted by Crippen LogP contribution is 2.35. The van der Waals surface area contributed by atoms with Crippen molar-refractivity contribution in [3.8, 4) is 0 Å². The Morgan fingerprint density at radius 3 is 2.47 bits per heavy atom. The molecule has 1 atom stereocenters. The van der Waals surface area contributed by atoms with E-state index in [1.165, 1.54) is 5.56 Å². The van der Waals surface area contributed by atoms with E-state index in [1.807, 2.05) is 26.0 Å². The fraction of sp³-hybridized carbons (Fsp3) is 0.625. The molecule has 0 spiro atoms. The van der Waals surface area contributed by atoms with E-state index in [1.54, 1.807) is 12.1 Å².